The molecule has 0 aliphatic rings. The van der Waals surface area contributed by atoms with E-state index in [0.717, 1.165) is 15.8 Å². The molecule has 0 atom stereocenters. The summed E-state index contributed by atoms with van der Waals surface area (Å²) >= 11 is 1.37. The Morgan fingerprint density at radius 1 is 1.08 bits per heavy atom. The van der Waals surface area contributed by atoms with E-state index in [4.69, 9.17) is 4.74 Å². The molecule has 0 bridgehead atoms. The molecule has 1 aromatic heterocycles. The van der Waals surface area contributed by atoms with E-state index < -0.39 is 10.0 Å². The molecule has 1 heterocycles. The quantitative estimate of drug-likeness (QED) is 0.719. The first-order valence-corrected chi connectivity index (χ1v) is 9.60. The predicted octanol–water partition coefficient (Wildman–Crippen LogP) is 3.15. The van der Waals surface area contributed by atoms with Crippen LogP contribution < -0.4 is 9.54 Å². The minimum Gasteiger partial charge on any atom is -0.497 e. The predicted molar refractivity (Wildman–Crippen MR) is 96.0 cm³/mol. The van der Waals surface area contributed by atoms with Crippen molar-refractivity contribution in [2.45, 2.75) is 18.7 Å². The van der Waals surface area contributed by atoms with E-state index >= 15 is 0 Å². The second-order valence-corrected chi connectivity index (χ2v) is 8.15. The van der Waals surface area contributed by atoms with Crippen LogP contribution in [0.4, 0.5) is 0 Å². The van der Waals surface area contributed by atoms with Crippen molar-refractivity contribution >= 4 is 31.6 Å². The fourth-order valence-corrected chi connectivity index (χ4v) is 4.83. The summed E-state index contributed by atoms with van der Waals surface area (Å²) in [4.78, 5) is 0.600. The van der Waals surface area contributed by atoms with Crippen LogP contribution in [0.1, 0.15) is 11.1 Å². The Morgan fingerprint density at radius 3 is 2.38 bits per heavy atom. The highest BCUT2D eigenvalue weighted by atomic mass is 32.2. The lowest BCUT2D eigenvalue weighted by molar-refractivity contribution is 0.414. The van der Waals surface area contributed by atoms with E-state index in [1.54, 1.807) is 12.1 Å². The molecule has 7 heteroatoms. The van der Waals surface area contributed by atoms with Gasteiger partial charge < -0.3 is 9.30 Å². The number of nitrogens with zero attached hydrogens (tertiary/aromatic N) is 2. The van der Waals surface area contributed by atoms with Crippen LogP contribution in [0, 0.1) is 13.8 Å². The molecule has 0 amide bonds. The van der Waals surface area contributed by atoms with Crippen LogP contribution in [0.15, 0.2) is 45.7 Å². The highest BCUT2D eigenvalue weighted by Crippen LogP contribution is 2.23. The fraction of sp³-hybridized carbons (Fsp3) is 0.235. The summed E-state index contributed by atoms with van der Waals surface area (Å²) in [6, 6.07) is 10.3. The zero-order chi connectivity index (χ0) is 17.5. The number of hydrogen-bond acceptors (Lipinski definition) is 4. The lowest BCUT2D eigenvalue weighted by Crippen LogP contribution is -2.14. The molecule has 2 aromatic carbocycles. The summed E-state index contributed by atoms with van der Waals surface area (Å²) in [5.41, 5.74) is 3.32. The van der Waals surface area contributed by atoms with Gasteiger partial charge in [-0.2, -0.15) is 8.42 Å². The molecule has 0 saturated heterocycles. The summed E-state index contributed by atoms with van der Waals surface area (Å²) in [5.74, 6) is 0.604. The Morgan fingerprint density at radius 2 is 1.75 bits per heavy atom. The number of hydrogen-bond donors (Lipinski definition) is 0. The first-order chi connectivity index (χ1) is 11.3. The van der Waals surface area contributed by atoms with Gasteiger partial charge >= 0.3 is 0 Å². The van der Waals surface area contributed by atoms with Crippen molar-refractivity contribution < 1.29 is 13.2 Å². The maximum absolute atomic E-state index is 12.6. The van der Waals surface area contributed by atoms with Crippen molar-refractivity contribution in [3.05, 3.63) is 52.3 Å². The molecule has 0 fully saturated rings. The standard InChI is InChI=1S/C17H18N2O3S2/c1-11-5-10-15-16(12(11)2)19(3)17(23-15)18-24(20,21)14-8-6-13(22-4)7-9-14/h5-10H,1-4H3/b18-17-. The van der Waals surface area contributed by atoms with Crippen LogP contribution >= 0.6 is 11.3 Å². The van der Waals surface area contributed by atoms with Crippen LogP contribution in [-0.2, 0) is 17.1 Å². The summed E-state index contributed by atoms with van der Waals surface area (Å²) < 4.78 is 37.1. The van der Waals surface area contributed by atoms with E-state index in [1.807, 2.05) is 37.6 Å². The highest BCUT2D eigenvalue weighted by molar-refractivity contribution is 7.90. The van der Waals surface area contributed by atoms with Gasteiger partial charge in [0.15, 0.2) is 0 Å². The van der Waals surface area contributed by atoms with E-state index in [9.17, 15) is 8.42 Å². The number of ether oxygens (including phenoxy) is 1. The molecule has 0 aliphatic carbocycles. The molecule has 0 N–H and O–H groups in total. The number of thiazole rings is 1. The molecular formula is C17H18N2O3S2. The van der Waals surface area contributed by atoms with Gasteiger partial charge in [0.1, 0.15) is 5.75 Å². The average Bonchev–Trinajstić information content (AvgIpc) is 2.87. The van der Waals surface area contributed by atoms with Gasteiger partial charge in [-0.15, -0.1) is 4.40 Å². The number of aromatic nitrogens is 1. The van der Waals surface area contributed by atoms with Crippen molar-refractivity contribution in [1.82, 2.24) is 4.57 Å². The van der Waals surface area contributed by atoms with Gasteiger partial charge in [-0.25, -0.2) is 0 Å². The van der Waals surface area contributed by atoms with E-state index in [2.05, 4.69) is 4.40 Å². The molecule has 3 rings (SSSR count). The first-order valence-electron chi connectivity index (χ1n) is 7.34. The summed E-state index contributed by atoms with van der Waals surface area (Å²) in [5, 5.41) is 0. The summed E-state index contributed by atoms with van der Waals surface area (Å²) in [7, 11) is -0.394. The van der Waals surface area contributed by atoms with Gasteiger partial charge in [0.25, 0.3) is 10.0 Å². The average molecular weight is 362 g/mol. The smallest absolute Gasteiger partial charge is 0.285 e. The van der Waals surface area contributed by atoms with Crippen LogP contribution in [0.2, 0.25) is 0 Å². The zero-order valence-corrected chi connectivity index (χ0v) is 15.5. The number of benzene rings is 2. The molecule has 3 aromatic rings. The zero-order valence-electron chi connectivity index (χ0n) is 13.9. The third kappa shape index (κ3) is 2.85. The van der Waals surface area contributed by atoms with Crippen LogP contribution in [-0.4, -0.2) is 20.1 Å². The third-order valence-electron chi connectivity index (χ3n) is 4.04. The van der Waals surface area contributed by atoms with Crippen molar-refractivity contribution in [1.29, 1.82) is 0 Å². The number of fused-ring (bicyclic) bond motifs is 1. The minimum atomic E-state index is -3.77. The molecule has 0 unspecified atom stereocenters. The van der Waals surface area contributed by atoms with Crippen molar-refractivity contribution in [2.75, 3.05) is 7.11 Å². The Bertz CT molecular complexity index is 1080. The van der Waals surface area contributed by atoms with E-state index in [0.29, 0.717) is 10.6 Å². The summed E-state index contributed by atoms with van der Waals surface area (Å²) in [6.45, 7) is 4.07. The normalized spacial score (nSPS) is 12.8. The van der Waals surface area contributed by atoms with Gasteiger partial charge in [0.2, 0.25) is 4.80 Å². The Balaban J connectivity index is 2.18. The Kier molecular flexibility index (Phi) is 4.23. The molecule has 0 saturated carbocycles. The minimum absolute atomic E-state index is 0.147. The van der Waals surface area contributed by atoms with Gasteiger partial charge in [0, 0.05) is 7.05 Å². The van der Waals surface area contributed by atoms with E-state index in [-0.39, 0.29) is 4.90 Å². The largest absolute Gasteiger partial charge is 0.497 e. The summed E-state index contributed by atoms with van der Waals surface area (Å²) in [6.07, 6.45) is 0. The highest BCUT2D eigenvalue weighted by Gasteiger charge is 2.15. The monoisotopic (exact) mass is 362 g/mol. The number of methoxy groups -OCH3 is 1. The van der Waals surface area contributed by atoms with Gasteiger partial charge in [-0.05, 0) is 55.3 Å². The van der Waals surface area contributed by atoms with Crippen LogP contribution in [0.25, 0.3) is 10.2 Å². The lowest BCUT2D eigenvalue weighted by atomic mass is 10.1. The molecule has 126 valence electrons. The number of sulfonamides is 1. The van der Waals surface area contributed by atoms with E-state index in [1.165, 1.54) is 36.1 Å². The van der Waals surface area contributed by atoms with Gasteiger partial charge in [-0.1, -0.05) is 17.4 Å². The van der Waals surface area contributed by atoms with Gasteiger partial charge in [-0.3, -0.25) is 0 Å². The first kappa shape index (κ1) is 16.7. The SMILES string of the molecule is COc1ccc(S(=O)(=O)/N=c2\sc3ccc(C)c(C)c3n2C)cc1. The van der Waals surface area contributed by atoms with Crippen LogP contribution in [0.3, 0.4) is 0 Å². The van der Waals surface area contributed by atoms with Crippen molar-refractivity contribution in [3.63, 3.8) is 0 Å². The third-order valence-corrected chi connectivity index (χ3v) is 6.54. The molecular weight excluding hydrogens is 344 g/mol. The second kappa shape index (κ2) is 6.07. The maximum atomic E-state index is 12.6. The Labute approximate surface area is 144 Å². The molecule has 0 spiro atoms. The van der Waals surface area contributed by atoms with Gasteiger partial charge in [0.05, 0.1) is 22.2 Å². The fourth-order valence-electron chi connectivity index (χ4n) is 2.52. The number of rotatable bonds is 3. The molecule has 24 heavy (non-hydrogen) atoms. The second-order valence-electron chi connectivity index (χ2n) is 5.54. The van der Waals surface area contributed by atoms with Crippen molar-refractivity contribution in [2.24, 2.45) is 11.4 Å². The van der Waals surface area contributed by atoms with Crippen LogP contribution in [0.5, 0.6) is 5.75 Å². The molecule has 0 radical (unpaired) electrons. The molecule has 5 nitrogen and oxygen atoms in total. The Hall–Kier alpha value is -2.12. The molecule has 0 aliphatic heterocycles. The lowest BCUT2D eigenvalue weighted by Gasteiger charge is -2.04. The topological polar surface area (TPSA) is 60.7 Å². The number of aryl methyl sites for hydroxylation is 3. The maximum Gasteiger partial charge on any atom is 0.285 e. The van der Waals surface area contributed by atoms with Crippen molar-refractivity contribution in [3.8, 4) is 5.75 Å².